The number of carbonyl (C=O) groups excluding carboxylic acids is 2. The summed E-state index contributed by atoms with van der Waals surface area (Å²) >= 11 is 0. The van der Waals surface area contributed by atoms with E-state index in [4.69, 9.17) is 10.5 Å². The van der Waals surface area contributed by atoms with Crippen LogP contribution in [0.5, 0.6) is 0 Å². The van der Waals surface area contributed by atoms with Gasteiger partial charge in [0.05, 0.1) is 6.04 Å². The molecule has 1 aliphatic rings. The van der Waals surface area contributed by atoms with E-state index in [1.54, 1.807) is 6.92 Å². The number of rotatable bonds is 6. The van der Waals surface area contributed by atoms with Crippen LogP contribution in [-0.2, 0) is 16.1 Å². The molecule has 1 aliphatic carbocycles. The Bertz CT molecular complexity index is 581. The zero-order valence-corrected chi connectivity index (χ0v) is 16.0. The quantitative estimate of drug-likeness (QED) is 0.816. The summed E-state index contributed by atoms with van der Waals surface area (Å²) in [4.78, 5) is 26.2. The molecule has 0 aromatic heterocycles. The summed E-state index contributed by atoms with van der Waals surface area (Å²) in [5, 5.41) is 2.98. The molecule has 1 aromatic rings. The highest BCUT2D eigenvalue weighted by molar-refractivity contribution is 5.81. The molecule has 3 N–H and O–H groups in total. The maximum atomic E-state index is 12.6. The SMILES string of the molecule is CC(C)N(C(=O)OCc1ccccc1)C1CCC(NC(=O)[C@H](C)N)CC1. The molecule has 2 rings (SSSR count). The number of nitrogens with two attached hydrogens (primary N) is 1. The van der Waals surface area contributed by atoms with Crippen molar-refractivity contribution < 1.29 is 14.3 Å². The first kappa shape index (κ1) is 20.2. The van der Waals surface area contributed by atoms with E-state index in [1.807, 2.05) is 49.1 Å². The molecule has 1 fully saturated rings. The Hall–Kier alpha value is -2.08. The Balaban J connectivity index is 1.87. The summed E-state index contributed by atoms with van der Waals surface area (Å²) in [5.74, 6) is -0.114. The van der Waals surface area contributed by atoms with Gasteiger partial charge in [-0.25, -0.2) is 4.79 Å². The summed E-state index contributed by atoms with van der Waals surface area (Å²) in [5.41, 5.74) is 6.59. The molecule has 0 radical (unpaired) electrons. The van der Waals surface area contributed by atoms with Crippen LogP contribution in [0.1, 0.15) is 52.0 Å². The van der Waals surface area contributed by atoms with Crippen LogP contribution in [0.2, 0.25) is 0 Å². The van der Waals surface area contributed by atoms with Crippen molar-refractivity contribution >= 4 is 12.0 Å². The van der Waals surface area contributed by atoms with Gasteiger partial charge in [-0.1, -0.05) is 30.3 Å². The van der Waals surface area contributed by atoms with Crippen molar-refractivity contribution in [3.05, 3.63) is 35.9 Å². The van der Waals surface area contributed by atoms with Gasteiger partial charge in [0.1, 0.15) is 6.61 Å². The Morgan fingerprint density at radius 3 is 2.31 bits per heavy atom. The lowest BCUT2D eigenvalue weighted by molar-refractivity contribution is -0.123. The Kier molecular flexibility index (Phi) is 7.45. The zero-order valence-electron chi connectivity index (χ0n) is 16.0. The number of nitrogens with zero attached hydrogens (tertiary/aromatic N) is 1. The van der Waals surface area contributed by atoms with Crippen LogP contribution in [0.4, 0.5) is 4.79 Å². The second kappa shape index (κ2) is 9.57. The second-order valence-electron chi connectivity index (χ2n) is 7.34. The van der Waals surface area contributed by atoms with Crippen LogP contribution in [0, 0.1) is 0 Å². The molecule has 0 unspecified atom stereocenters. The third-order valence-electron chi connectivity index (χ3n) is 4.82. The van der Waals surface area contributed by atoms with Crippen molar-refractivity contribution in [2.75, 3.05) is 0 Å². The van der Waals surface area contributed by atoms with Crippen LogP contribution in [0.3, 0.4) is 0 Å². The van der Waals surface area contributed by atoms with Crippen LogP contribution in [0.25, 0.3) is 0 Å². The third kappa shape index (κ3) is 5.73. The summed E-state index contributed by atoms with van der Waals surface area (Å²) in [7, 11) is 0. The van der Waals surface area contributed by atoms with E-state index >= 15 is 0 Å². The van der Waals surface area contributed by atoms with Crippen molar-refractivity contribution in [3.63, 3.8) is 0 Å². The minimum atomic E-state index is -0.493. The van der Waals surface area contributed by atoms with Crippen molar-refractivity contribution in [3.8, 4) is 0 Å². The molecule has 0 heterocycles. The van der Waals surface area contributed by atoms with Gasteiger partial charge in [0.25, 0.3) is 0 Å². The summed E-state index contributed by atoms with van der Waals surface area (Å²) in [6.07, 6.45) is 3.12. The lowest BCUT2D eigenvalue weighted by Crippen LogP contribution is -2.50. The third-order valence-corrected chi connectivity index (χ3v) is 4.82. The van der Waals surface area contributed by atoms with Crippen molar-refractivity contribution in [2.24, 2.45) is 5.73 Å². The fourth-order valence-corrected chi connectivity index (χ4v) is 3.41. The highest BCUT2D eigenvalue weighted by atomic mass is 16.6. The number of nitrogens with one attached hydrogen (secondary N) is 1. The molecule has 2 amide bonds. The van der Waals surface area contributed by atoms with Crippen molar-refractivity contribution in [1.82, 2.24) is 10.2 Å². The van der Waals surface area contributed by atoms with E-state index in [9.17, 15) is 9.59 Å². The van der Waals surface area contributed by atoms with Crippen LogP contribution in [-0.4, -0.2) is 41.1 Å². The summed E-state index contributed by atoms with van der Waals surface area (Å²) in [6.45, 7) is 5.98. The molecule has 0 spiro atoms. The van der Waals surface area contributed by atoms with Crippen molar-refractivity contribution in [1.29, 1.82) is 0 Å². The predicted molar refractivity (Wildman–Crippen MR) is 101 cm³/mol. The van der Waals surface area contributed by atoms with E-state index in [1.165, 1.54) is 0 Å². The molecule has 1 saturated carbocycles. The van der Waals surface area contributed by atoms with Gasteiger partial charge in [-0.3, -0.25) is 4.79 Å². The minimum Gasteiger partial charge on any atom is -0.445 e. The number of hydrogen-bond acceptors (Lipinski definition) is 4. The standard InChI is InChI=1S/C20H31N3O3/c1-14(2)23(20(25)26-13-16-7-5-4-6-8-16)18-11-9-17(10-12-18)22-19(24)15(3)21/h4-8,14-15,17-18H,9-13,21H2,1-3H3,(H,22,24)/t15-,17?,18?/m0/s1. The van der Waals surface area contributed by atoms with Crippen LogP contribution in [0.15, 0.2) is 30.3 Å². The molecule has 0 aliphatic heterocycles. The van der Waals surface area contributed by atoms with E-state index in [2.05, 4.69) is 5.32 Å². The molecule has 0 saturated heterocycles. The van der Waals surface area contributed by atoms with Gasteiger partial charge >= 0.3 is 6.09 Å². The monoisotopic (exact) mass is 361 g/mol. The molecule has 144 valence electrons. The summed E-state index contributed by atoms with van der Waals surface area (Å²) < 4.78 is 5.53. The average molecular weight is 361 g/mol. The van der Waals surface area contributed by atoms with E-state index in [-0.39, 0.29) is 36.7 Å². The highest BCUT2D eigenvalue weighted by Crippen LogP contribution is 2.25. The first-order chi connectivity index (χ1) is 12.4. The Labute approximate surface area is 156 Å². The highest BCUT2D eigenvalue weighted by Gasteiger charge is 2.32. The van der Waals surface area contributed by atoms with Gasteiger partial charge in [0, 0.05) is 18.1 Å². The van der Waals surface area contributed by atoms with E-state index in [0.717, 1.165) is 31.2 Å². The maximum absolute atomic E-state index is 12.6. The largest absolute Gasteiger partial charge is 0.445 e. The smallest absolute Gasteiger partial charge is 0.410 e. The number of carbonyl (C=O) groups is 2. The van der Waals surface area contributed by atoms with Gasteiger partial charge in [-0.15, -0.1) is 0 Å². The number of ether oxygens (including phenoxy) is 1. The van der Waals surface area contributed by atoms with Crippen LogP contribution >= 0.6 is 0 Å². The lowest BCUT2D eigenvalue weighted by Gasteiger charge is -2.38. The fraction of sp³-hybridized carbons (Fsp3) is 0.600. The summed E-state index contributed by atoms with van der Waals surface area (Å²) in [6, 6.07) is 9.54. The Morgan fingerprint density at radius 1 is 1.15 bits per heavy atom. The number of benzene rings is 1. The number of amides is 2. The number of hydrogen-bond donors (Lipinski definition) is 2. The van der Waals surface area contributed by atoms with Gasteiger partial charge in [0.2, 0.25) is 5.91 Å². The topological polar surface area (TPSA) is 84.7 Å². The first-order valence-electron chi connectivity index (χ1n) is 9.43. The van der Waals surface area contributed by atoms with E-state index < -0.39 is 6.04 Å². The first-order valence-corrected chi connectivity index (χ1v) is 9.43. The minimum absolute atomic E-state index is 0.0680. The van der Waals surface area contributed by atoms with Gasteiger partial charge in [-0.05, 0) is 52.0 Å². The zero-order chi connectivity index (χ0) is 19.1. The molecular formula is C20H31N3O3. The maximum Gasteiger partial charge on any atom is 0.410 e. The fourth-order valence-electron chi connectivity index (χ4n) is 3.41. The molecule has 0 bridgehead atoms. The van der Waals surface area contributed by atoms with Crippen LogP contribution < -0.4 is 11.1 Å². The molecule has 1 aromatic carbocycles. The predicted octanol–water partition coefficient (Wildman–Crippen LogP) is 2.81. The lowest BCUT2D eigenvalue weighted by atomic mass is 9.89. The van der Waals surface area contributed by atoms with Gasteiger partial charge < -0.3 is 20.7 Å². The van der Waals surface area contributed by atoms with Gasteiger partial charge in [0.15, 0.2) is 0 Å². The normalized spacial score (nSPS) is 21.1. The molecular weight excluding hydrogens is 330 g/mol. The molecule has 1 atom stereocenters. The van der Waals surface area contributed by atoms with Crippen molar-refractivity contribution in [2.45, 2.75) is 77.2 Å². The average Bonchev–Trinajstić information content (AvgIpc) is 2.62. The molecule has 6 nitrogen and oxygen atoms in total. The van der Waals surface area contributed by atoms with E-state index in [0.29, 0.717) is 0 Å². The van der Waals surface area contributed by atoms with Gasteiger partial charge in [-0.2, -0.15) is 0 Å². The Morgan fingerprint density at radius 2 is 1.77 bits per heavy atom. The second-order valence-corrected chi connectivity index (χ2v) is 7.34. The molecule has 6 heteroatoms. The molecule has 26 heavy (non-hydrogen) atoms.